The second-order valence-electron chi connectivity index (χ2n) is 4.69. The molecule has 0 aliphatic rings. The lowest BCUT2D eigenvalue weighted by atomic mass is 9.99. The summed E-state index contributed by atoms with van der Waals surface area (Å²) in [5.41, 5.74) is 4.49. The van der Waals surface area contributed by atoms with Crippen LogP contribution in [-0.2, 0) is 6.42 Å². The minimum atomic E-state index is -0.471. The molecular formula is C16H17BrO. The van der Waals surface area contributed by atoms with Crippen LogP contribution < -0.4 is 0 Å². The quantitative estimate of drug-likeness (QED) is 0.894. The summed E-state index contributed by atoms with van der Waals surface area (Å²) in [5.74, 6) is 0. The summed E-state index contributed by atoms with van der Waals surface area (Å²) in [6.45, 7) is 4.10. The number of aryl methyl sites for hydroxylation is 2. The van der Waals surface area contributed by atoms with E-state index in [1.807, 2.05) is 31.2 Å². The average Bonchev–Trinajstić information content (AvgIpc) is 2.32. The normalized spacial score (nSPS) is 12.4. The highest BCUT2D eigenvalue weighted by atomic mass is 79.9. The molecule has 0 heterocycles. The van der Waals surface area contributed by atoms with Crippen LogP contribution in [0.25, 0.3) is 0 Å². The Balaban J connectivity index is 2.22. The Labute approximate surface area is 117 Å². The van der Waals surface area contributed by atoms with E-state index in [-0.39, 0.29) is 0 Å². The number of rotatable bonds is 3. The molecule has 1 N–H and O–H groups in total. The lowest BCUT2D eigenvalue weighted by molar-refractivity contribution is 0.177. The minimum Gasteiger partial charge on any atom is -0.388 e. The van der Waals surface area contributed by atoms with Crippen LogP contribution in [-0.4, -0.2) is 5.11 Å². The van der Waals surface area contributed by atoms with Crippen molar-refractivity contribution in [2.45, 2.75) is 26.4 Å². The van der Waals surface area contributed by atoms with E-state index in [4.69, 9.17) is 0 Å². The number of benzene rings is 2. The van der Waals surface area contributed by atoms with Gasteiger partial charge in [0.1, 0.15) is 0 Å². The Kier molecular flexibility index (Phi) is 4.20. The van der Waals surface area contributed by atoms with Gasteiger partial charge in [-0.2, -0.15) is 0 Å². The Morgan fingerprint density at radius 2 is 1.83 bits per heavy atom. The maximum atomic E-state index is 10.3. The van der Waals surface area contributed by atoms with Gasteiger partial charge in [-0.25, -0.2) is 0 Å². The monoisotopic (exact) mass is 304 g/mol. The number of hydrogen-bond acceptors (Lipinski definition) is 1. The van der Waals surface area contributed by atoms with Crippen molar-refractivity contribution < 1.29 is 5.11 Å². The third-order valence-electron chi connectivity index (χ3n) is 3.09. The highest BCUT2D eigenvalue weighted by Gasteiger charge is 2.13. The van der Waals surface area contributed by atoms with E-state index in [9.17, 15) is 5.11 Å². The first-order valence-corrected chi connectivity index (χ1v) is 6.86. The van der Waals surface area contributed by atoms with Crippen molar-refractivity contribution in [1.29, 1.82) is 0 Å². The summed E-state index contributed by atoms with van der Waals surface area (Å²) in [5, 5.41) is 10.3. The molecule has 1 unspecified atom stereocenters. The lowest BCUT2D eigenvalue weighted by Crippen LogP contribution is -2.03. The minimum absolute atomic E-state index is 0.471. The van der Waals surface area contributed by atoms with Crippen LogP contribution in [0.3, 0.4) is 0 Å². The molecule has 2 aromatic carbocycles. The summed E-state index contributed by atoms with van der Waals surface area (Å²) >= 11 is 3.55. The standard InChI is InChI=1S/C16H17BrO/c1-11-5-3-7-13(9-11)10-15(18)14-8-4-6-12(2)16(14)17/h3-9,15,18H,10H2,1-2H3. The molecule has 0 spiro atoms. The lowest BCUT2D eigenvalue weighted by Gasteiger charge is -2.14. The van der Waals surface area contributed by atoms with Crippen LogP contribution in [0.15, 0.2) is 46.9 Å². The molecule has 0 aliphatic carbocycles. The molecule has 0 bridgehead atoms. The summed E-state index contributed by atoms with van der Waals surface area (Å²) in [6.07, 6.45) is 0.171. The Morgan fingerprint density at radius 1 is 1.11 bits per heavy atom. The number of halogens is 1. The van der Waals surface area contributed by atoms with Gasteiger partial charge in [0.15, 0.2) is 0 Å². The van der Waals surface area contributed by atoms with Gasteiger partial charge in [0, 0.05) is 10.9 Å². The van der Waals surface area contributed by atoms with Crippen LogP contribution in [0.1, 0.15) is 28.4 Å². The average molecular weight is 305 g/mol. The van der Waals surface area contributed by atoms with E-state index in [2.05, 4.69) is 41.1 Å². The van der Waals surface area contributed by atoms with Gasteiger partial charge in [-0.1, -0.05) is 64.0 Å². The second-order valence-corrected chi connectivity index (χ2v) is 5.48. The molecule has 94 valence electrons. The molecule has 18 heavy (non-hydrogen) atoms. The SMILES string of the molecule is Cc1cccc(CC(O)c2cccc(C)c2Br)c1. The van der Waals surface area contributed by atoms with E-state index in [1.54, 1.807) is 0 Å². The van der Waals surface area contributed by atoms with Crippen LogP contribution in [0.4, 0.5) is 0 Å². The number of aliphatic hydroxyl groups is 1. The first kappa shape index (κ1) is 13.3. The molecule has 0 radical (unpaired) electrons. The van der Waals surface area contributed by atoms with E-state index in [1.165, 1.54) is 5.56 Å². The Morgan fingerprint density at radius 3 is 2.56 bits per heavy atom. The molecule has 2 heteroatoms. The molecule has 0 saturated heterocycles. The van der Waals surface area contributed by atoms with E-state index in [0.29, 0.717) is 6.42 Å². The largest absolute Gasteiger partial charge is 0.388 e. The summed E-state index contributed by atoms with van der Waals surface area (Å²) < 4.78 is 1.00. The molecule has 0 saturated carbocycles. The molecule has 0 amide bonds. The first-order valence-electron chi connectivity index (χ1n) is 6.06. The predicted molar refractivity (Wildman–Crippen MR) is 78.7 cm³/mol. The van der Waals surface area contributed by atoms with Crippen LogP contribution in [0.5, 0.6) is 0 Å². The predicted octanol–water partition coefficient (Wildman–Crippen LogP) is 4.34. The van der Waals surface area contributed by atoms with Crippen molar-refractivity contribution in [2.24, 2.45) is 0 Å². The molecule has 2 aromatic rings. The van der Waals surface area contributed by atoms with Gasteiger partial charge in [0.2, 0.25) is 0 Å². The fourth-order valence-corrected chi connectivity index (χ4v) is 2.63. The van der Waals surface area contributed by atoms with Gasteiger partial charge >= 0.3 is 0 Å². The van der Waals surface area contributed by atoms with Crippen molar-refractivity contribution >= 4 is 15.9 Å². The van der Waals surface area contributed by atoms with Crippen LogP contribution in [0, 0.1) is 13.8 Å². The van der Waals surface area contributed by atoms with Crippen molar-refractivity contribution in [2.75, 3.05) is 0 Å². The zero-order valence-electron chi connectivity index (χ0n) is 10.7. The van der Waals surface area contributed by atoms with Crippen LogP contribution >= 0.6 is 15.9 Å². The maximum Gasteiger partial charge on any atom is 0.0841 e. The summed E-state index contributed by atoms with van der Waals surface area (Å²) in [4.78, 5) is 0. The molecule has 0 aromatic heterocycles. The van der Waals surface area contributed by atoms with E-state index < -0.39 is 6.10 Å². The summed E-state index contributed by atoms with van der Waals surface area (Å²) in [7, 11) is 0. The van der Waals surface area contributed by atoms with Crippen molar-refractivity contribution in [3.05, 3.63) is 69.2 Å². The van der Waals surface area contributed by atoms with E-state index in [0.717, 1.165) is 21.2 Å². The number of aliphatic hydroxyl groups excluding tert-OH is 1. The highest BCUT2D eigenvalue weighted by Crippen LogP contribution is 2.28. The zero-order valence-corrected chi connectivity index (χ0v) is 12.2. The van der Waals surface area contributed by atoms with E-state index >= 15 is 0 Å². The Hall–Kier alpha value is -1.12. The van der Waals surface area contributed by atoms with Gasteiger partial charge in [-0.05, 0) is 30.5 Å². The molecule has 2 rings (SSSR count). The first-order chi connectivity index (χ1) is 8.58. The summed E-state index contributed by atoms with van der Waals surface area (Å²) in [6, 6.07) is 14.3. The van der Waals surface area contributed by atoms with Crippen molar-refractivity contribution in [1.82, 2.24) is 0 Å². The fraction of sp³-hybridized carbons (Fsp3) is 0.250. The van der Waals surface area contributed by atoms with Gasteiger partial charge in [-0.15, -0.1) is 0 Å². The number of hydrogen-bond donors (Lipinski definition) is 1. The molecule has 1 nitrogen and oxygen atoms in total. The van der Waals surface area contributed by atoms with Gasteiger partial charge in [-0.3, -0.25) is 0 Å². The van der Waals surface area contributed by atoms with Crippen molar-refractivity contribution in [3.63, 3.8) is 0 Å². The fourth-order valence-electron chi connectivity index (χ4n) is 2.10. The molecule has 1 atom stereocenters. The second kappa shape index (κ2) is 5.68. The smallest absolute Gasteiger partial charge is 0.0841 e. The topological polar surface area (TPSA) is 20.2 Å². The zero-order chi connectivity index (χ0) is 13.1. The van der Waals surface area contributed by atoms with Crippen molar-refractivity contribution in [3.8, 4) is 0 Å². The maximum absolute atomic E-state index is 10.3. The van der Waals surface area contributed by atoms with Crippen LogP contribution in [0.2, 0.25) is 0 Å². The van der Waals surface area contributed by atoms with Gasteiger partial charge < -0.3 is 5.11 Å². The highest BCUT2D eigenvalue weighted by molar-refractivity contribution is 9.10. The van der Waals surface area contributed by atoms with Gasteiger partial charge in [0.05, 0.1) is 6.10 Å². The Bertz CT molecular complexity index is 549. The molecular weight excluding hydrogens is 288 g/mol. The molecule has 0 fully saturated rings. The third-order valence-corrected chi connectivity index (χ3v) is 4.18. The molecule has 0 aliphatic heterocycles. The van der Waals surface area contributed by atoms with Gasteiger partial charge in [0.25, 0.3) is 0 Å². The third kappa shape index (κ3) is 3.01.